The van der Waals surface area contributed by atoms with E-state index >= 15 is 0 Å². The van der Waals surface area contributed by atoms with Crippen LogP contribution in [0.25, 0.3) is 0 Å². The molecule has 3 nitrogen and oxygen atoms in total. The van der Waals surface area contributed by atoms with Crippen LogP contribution in [0.5, 0.6) is 0 Å². The summed E-state index contributed by atoms with van der Waals surface area (Å²) in [6, 6.07) is 5.67. The van der Waals surface area contributed by atoms with E-state index in [0.717, 1.165) is 0 Å². The number of aliphatic hydroxyl groups is 2. The van der Waals surface area contributed by atoms with Crippen LogP contribution in [0.1, 0.15) is 18.6 Å². The third-order valence-electron chi connectivity index (χ3n) is 2.19. The average molecular weight is 213 g/mol. The van der Waals surface area contributed by atoms with Crippen molar-refractivity contribution in [2.45, 2.75) is 19.1 Å². The molecular formula is C11H16FNO2. The molecule has 0 aliphatic rings. The lowest BCUT2D eigenvalue weighted by Gasteiger charge is -2.15. The lowest BCUT2D eigenvalue weighted by Crippen LogP contribution is -2.32. The van der Waals surface area contributed by atoms with Gasteiger partial charge >= 0.3 is 0 Å². The summed E-state index contributed by atoms with van der Waals surface area (Å²) in [4.78, 5) is 0. The minimum absolute atomic E-state index is 0.0239. The summed E-state index contributed by atoms with van der Waals surface area (Å²) >= 11 is 0. The Morgan fingerprint density at radius 2 is 1.93 bits per heavy atom. The van der Waals surface area contributed by atoms with Gasteiger partial charge < -0.3 is 15.5 Å². The maximum absolute atomic E-state index is 12.6. The molecule has 3 N–H and O–H groups in total. The Morgan fingerprint density at radius 1 is 1.33 bits per heavy atom. The van der Waals surface area contributed by atoms with Gasteiger partial charge in [-0.25, -0.2) is 4.39 Å². The summed E-state index contributed by atoms with van der Waals surface area (Å²) in [5.41, 5.74) is 0.661. The van der Waals surface area contributed by atoms with Crippen molar-refractivity contribution in [2.24, 2.45) is 0 Å². The van der Waals surface area contributed by atoms with E-state index in [-0.39, 0.29) is 18.5 Å². The summed E-state index contributed by atoms with van der Waals surface area (Å²) in [6.07, 6.45) is -0.681. The van der Waals surface area contributed by atoms with Crippen LogP contribution in [0.15, 0.2) is 24.3 Å². The predicted molar refractivity (Wildman–Crippen MR) is 55.9 cm³/mol. The van der Waals surface area contributed by atoms with Gasteiger partial charge in [-0.2, -0.15) is 0 Å². The second-order valence-corrected chi connectivity index (χ2v) is 3.56. The molecule has 0 heterocycles. The first-order chi connectivity index (χ1) is 7.13. The van der Waals surface area contributed by atoms with E-state index in [4.69, 9.17) is 5.11 Å². The highest BCUT2D eigenvalue weighted by molar-refractivity contribution is 5.18. The van der Waals surface area contributed by atoms with Crippen LogP contribution < -0.4 is 5.32 Å². The van der Waals surface area contributed by atoms with E-state index in [2.05, 4.69) is 5.32 Å². The Bertz CT molecular complexity index is 289. The van der Waals surface area contributed by atoms with Gasteiger partial charge in [0.25, 0.3) is 0 Å². The highest BCUT2D eigenvalue weighted by Crippen LogP contribution is 2.12. The third kappa shape index (κ3) is 3.95. The van der Waals surface area contributed by atoms with Crippen molar-refractivity contribution in [3.8, 4) is 0 Å². The number of rotatable bonds is 5. The largest absolute Gasteiger partial charge is 0.395 e. The molecule has 0 fully saturated rings. The first-order valence-electron chi connectivity index (χ1n) is 4.91. The Kier molecular flexibility index (Phi) is 4.68. The molecule has 0 spiro atoms. The fourth-order valence-corrected chi connectivity index (χ4v) is 1.18. The van der Waals surface area contributed by atoms with Gasteiger partial charge in [-0.05, 0) is 24.6 Å². The van der Waals surface area contributed by atoms with Crippen LogP contribution in [0, 0.1) is 5.82 Å². The first-order valence-corrected chi connectivity index (χ1v) is 4.91. The highest BCUT2D eigenvalue weighted by Gasteiger charge is 2.08. The molecule has 0 amide bonds. The van der Waals surface area contributed by atoms with Gasteiger partial charge in [0.2, 0.25) is 0 Å². The van der Waals surface area contributed by atoms with E-state index in [0.29, 0.717) is 12.1 Å². The highest BCUT2D eigenvalue weighted by atomic mass is 19.1. The molecule has 1 aromatic carbocycles. The zero-order valence-corrected chi connectivity index (χ0v) is 8.65. The standard InChI is InChI=1S/C11H16FNO2/c1-8(7-14)13-6-11(15)9-2-4-10(12)5-3-9/h2-5,8,11,13-15H,6-7H2,1H3/t8-,11?/m1/s1. The summed E-state index contributed by atoms with van der Waals surface area (Å²) in [7, 11) is 0. The monoisotopic (exact) mass is 213 g/mol. The Balaban J connectivity index is 2.46. The SMILES string of the molecule is C[C@H](CO)NCC(O)c1ccc(F)cc1. The second-order valence-electron chi connectivity index (χ2n) is 3.56. The van der Waals surface area contributed by atoms with E-state index in [1.54, 1.807) is 12.1 Å². The lowest BCUT2D eigenvalue weighted by atomic mass is 10.1. The number of hydrogen-bond donors (Lipinski definition) is 3. The van der Waals surface area contributed by atoms with Crippen molar-refractivity contribution >= 4 is 0 Å². The van der Waals surface area contributed by atoms with Crippen molar-refractivity contribution in [3.05, 3.63) is 35.6 Å². The van der Waals surface area contributed by atoms with Crippen molar-refractivity contribution in [3.63, 3.8) is 0 Å². The quantitative estimate of drug-likeness (QED) is 0.679. The molecule has 1 unspecified atom stereocenters. The Hall–Kier alpha value is -0.970. The molecule has 0 saturated carbocycles. The normalized spacial score (nSPS) is 14.9. The molecule has 0 bridgehead atoms. The van der Waals surface area contributed by atoms with Crippen molar-refractivity contribution in [1.29, 1.82) is 0 Å². The van der Waals surface area contributed by atoms with E-state index in [1.165, 1.54) is 12.1 Å². The van der Waals surface area contributed by atoms with Crippen LogP contribution in [-0.4, -0.2) is 29.4 Å². The maximum atomic E-state index is 12.6. The fraction of sp³-hybridized carbons (Fsp3) is 0.455. The van der Waals surface area contributed by atoms with Crippen molar-refractivity contribution in [1.82, 2.24) is 5.32 Å². The molecule has 0 saturated heterocycles. The topological polar surface area (TPSA) is 52.5 Å². The molecular weight excluding hydrogens is 197 g/mol. The number of halogens is 1. The van der Waals surface area contributed by atoms with E-state index < -0.39 is 6.10 Å². The molecule has 4 heteroatoms. The molecule has 84 valence electrons. The van der Waals surface area contributed by atoms with Crippen LogP contribution in [-0.2, 0) is 0 Å². The molecule has 2 atom stereocenters. The summed E-state index contributed by atoms with van der Waals surface area (Å²) in [6.45, 7) is 2.18. The van der Waals surface area contributed by atoms with Crippen LogP contribution in [0.3, 0.4) is 0 Å². The van der Waals surface area contributed by atoms with Crippen LogP contribution in [0.2, 0.25) is 0 Å². The Morgan fingerprint density at radius 3 is 2.47 bits per heavy atom. The van der Waals surface area contributed by atoms with Gasteiger partial charge in [-0.1, -0.05) is 12.1 Å². The maximum Gasteiger partial charge on any atom is 0.123 e. The minimum Gasteiger partial charge on any atom is -0.395 e. The number of nitrogens with one attached hydrogen (secondary N) is 1. The molecule has 1 aromatic rings. The summed E-state index contributed by atoms with van der Waals surface area (Å²) in [5, 5.41) is 21.4. The first kappa shape index (κ1) is 12.1. The van der Waals surface area contributed by atoms with Crippen molar-refractivity contribution in [2.75, 3.05) is 13.2 Å². The van der Waals surface area contributed by atoms with Gasteiger partial charge in [0.15, 0.2) is 0 Å². The van der Waals surface area contributed by atoms with E-state index in [9.17, 15) is 9.50 Å². The predicted octanol–water partition coefficient (Wildman–Crippen LogP) is 0.830. The lowest BCUT2D eigenvalue weighted by molar-refractivity contribution is 0.161. The smallest absolute Gasteiger partial charge is 0.123 e. The van der Waals surface area contributed by atoms with Gasteiger partial charge in [0.1, 0.15) is 5.82 Å². The Labute approximate surface area is 88.6 Å². The summed E-state index contributed by atoms with van der Waals surface area (Å²) in [5.74, 6) is -0.317. The molecule has 0 aromatic heterocycles. The van der Waals surface area contributed by atoms with Gasteiger partial charge in [-0.15, -0.1) is 0 Å². The van der Waals surface area contributed by atoms with Crippen molar-refractivity contribution < 1.29 is 14.6 Å². The third-order valence-corrected chi connectivity index (χ3v) is 2.19. The fourth-order valence-electron chi connectivity index (χ4n) is 1.18. The number of aliphatic hydroxyl groups excluding tert-OH is 2. The average Bonchev–Trinajstić information content (AvgIpc) is 2.26. The number of benzene rings is 1. The summed E-state index contributed by atoms with van der Waals surface area (Å²) < 4.78 is 12.6. The van der Waals surface area contributed by atoms with Crippen LogP contribution in [0.4, 0.5) is 4.39 Å². The molecule has 1 rings (SSSR count). The van der Waals surface area contributed by atoms with Gasteiger partial charge in [0, 0.05) is 12.6 Å². The van der Waals surface area contributed by atoms with E-state index in [1.807, 2.05) is 6.92 Å². The molecule has 0 radical (unpaired) electrons. The minimum atomic E-state index is -0.681. The molecule has 0 aliphatic heterocycles. The molecule has 15 heavy (non-hydrogen) atoms. The zero-order valence-electron chi connectivity index (χ0n) is 8.65. The van der Waals surface area contributed by atoms with Gasteiger partial charge in [0.05, 0.1) is 12.7 Å². The number of hydrogen-bond acceptors (Lipinski definition) is 3. The molecule has 0 aliphatic carbocycles. The zero-order chi connectivity index (χ0) is 11.3. The van der Waals surface area contributed by atoms with Gasteiger partial charge in [-0.3, -0.25) is 0 Å². The second kappa shape index (κ2) is 5.80. The van der Waals surface area contributed by atoms with Crippen LogP contribution >= 0.6 is 0 Å².